The second-order valence-electron chi connectivity index (χ2n) is 8.13. The third-order valence-electron chi connectivity index (χ3n) is 5.79. The van der Waals surface area contributed by atoms with Crippen molar-refractivity contribution in [1.82, 2.24) is 15.2 Å². The number of alkyl halides is 3. The molecule has 2 aliphatic heterocycles. The number of anilines is 3. The molecule has 3 heterocycles. The zero-order valence-corrected chi connectivity index (χ0v) is 21.0. The van der Waals surface area contributed by atoms with Gasteiger partial charge in [0.15, 0.2) is 10.8 Å². The van der Waals surface area contributed by atoms with E-state index in [1.165, 1.54) is 21.9 Å². The molecule has 16 heteroatoms. The molecule has 0 spiro atoms. The van der Waals surface area contributed by atoms with Gasteiger partial charge in [-0.1, -0.05) is 23.1 Å². The summed E-state index contributed by atoms with van der Waals surface area (Å²) >= 11 is 1.47. The zero-order chi connectivity index (χ0) is 26.9. The van der Waals surface area contributed by atoms with E-state index in [4.69, 9.17) is 10.5 Å². The minimum absolute atomic E-state index is 0.0665. The van der Waals surface area contributed by atoms with Gasteiger partial charge in [-0.3, -0.25) is 14.5 Å². The number of nitrogen functional groups attached to an aromatic ring is 1. The van der Waals surface area contributed by atoms with Crippen molar-refractivity contribution in [2.75, 3.05) is 61.1 Å². The van der Waals surface area contributed by atoms with Gasteiger partial charge in [-0.25, -0.2) is 14.2 Å². The lowest BCUT2D eigenvalue weighted by molar-refractivity contribution is -0.141. The van der Waals surface area contributed by atoms with Crippen LogP contribution in [0.2, 0.25) is 0 Å². The Hall–Kier alpha value is -3.27. The number of hydrogen-bond acceptors (Lipinski definition) is 9. The van der Waals surface area contributed by atoms with Gasteiger partial charge in [0, 0.05) is 26.2 Å². The molecule has 1 aromatic heterocycles. The first-order chi connectivity index (χ1) is 17.5. The summed E-state index contributed by atoms with van der Waals surface area (Å²) in [5.41, 5.74) is 4.60. The third kappa shape index (κ3) is 5.84. The third-order valence-corrected chi connectivity index (χ3v) is 7.18. The SMILES string of the molecule is CSC(=O)NC[C@H]1CN(c2ccc(N3CCN(C(=O)c4sc(N)nc4C(F)(F)F)CC3)c(F)c2)C(=O)O1. The molecule has 0 aliphatic carbocycles. The fraction of sp³-hybridized carbons (Fsp3) is 0.429. The number of nitrogens with one attached hydrogen (secondary N) is 1. The van der Waals surface area contributed by atoms with E-state index in [2.05, 4.69) is 10.3 Å². The molecule has 1 atom stereocenters. The quantitative estimate of drug-likeness (QED) is 0.533. The van der Waals surface area contributed by atoms with Gasteiger partial charge < -0.3 is 25.6 Å². The van der Waals surface area contributed by atoms with E-state index >= 15 is 4.39 Å². The number of benzene rings is 1. The van der Waals surface area contributed by atoms with Crippen molar-refractivity contribution in [2.24, 2.45) is 0 Å². The smallest absolute Gasteiger partial charge is 0.435 e. The number of piperazine rings is 1. The van der Waals surface area contributed by atoms with Gasteiger partial charge in [-0.15, -0.1) is 0 Å². The van der Waals surface area contributed by atoms with Crippen LogP contribution in [-0.4, -0.2) is 78.8 Å². The molecule has 0 bridgehead atoms. The predicted molar refractivity (Wildman–Crippen MR) is 131 cm³/mol. The van der Waals surface area contributed by atoms with E-state index in [1.807, 2.05) is 0 Å². The first-order valence-corrected chi connectivity index (χ1v) is 13.0. The van der Waals surface area contributed by atoms with E-state index in [-0.39, 0.29) is 61.0 Å². The summed E-state index contributed by atoms with van der Waals surface area (Å²) in [5.74, 6) is -1.44. The second kappa shape index (κ2) is 10.6. The summed E-state index contributed by atoms with van der Waals surface area (Å²) in [4.78, 5) is 43.2. The number of ether oxygens (including phenoxy) is 1. The van der Waals surface area contributed by atoms with Crippen LogP contribution in [-0.2, 0) is 10.9 Å². The van der Waals surface area contributed by atoms with Gasteiger partial charge in [0.1, 0.15) is 16.8 Å². The Kier molecular flexibility index (Phi) is 7.68. The molecule has 0 unspecified atom stereocenters. The molecule has 0 radical (unpaired) electrons. The number of carbonyl (C=O) groups is 3. The summed E-state index contributed by atoms with van der Waals surface area (Å²) in [6.07, 6.45) is -4.44. The average Bonchev–Trinajstić information content (AvgIpc) is 3.44. The molecule has 2 fully saturated rings. The minimum atomic E-state index is -4.81. The Morgan fingerprint density at radius 3 is 2.59 bits per heavy atom. The molecule has 10 nitrogen and oxygen atoms in total. The largest absolute Gasteiger partial charge is 0.442 e. The predicted octanol–water partition coefficient (Wildman–Crippen LogP) is 3.24. The number of thiazole rings is 1. The highest BCUT2D eigenvalue weighted by Crippen LogP contribution is 2.36. The summed E-state index contributed by atoms with van der Waals surface area (Å²) in [5, 5.41) is 2.00. The van der Waals surface area contributed by atoms with Crippen LogP contribution in [0, 0.1) is 5.82 Å². The fourth-order valence-corrected chi connectivity index (χ4v) is 5.04. The molecule has 2 aromatic rings. The first-order valence-electron chi connectivity index (χ1n) is 10.9. The molecular formula is C21H22F4N6O4S2. The number of aromatic nitrogens is 1. The number of hydrogen-bond donors (Lipinski definition) is 2. The second-order valence-corrected chi connectivity index (χ2v) is 9.94. The molecule has 2 saturated heterocycles. The lowest BCUT2D eigenvalue weighted by Crippen LogP contribution is -2.49. The maximum Gasteiger partial charge on any atom is 0.435 e. The number of amides is 3. The molecular weight excluding hydrogens is 540 g/mol. The average molecular weight is 563 g/mol. The minimum Gasteiger partial charge on any atom is -0.442 e. The van der Waals surface area contributed by atoms with E-state index in [0.29, 0.717) is 11.3 Å². The van der Waals surface area contributed by atoms with Crippen molar-refractivity contribution in [2.45, 2.75) is 12.3 Å². The highest BCUT2D eigenvalue weighted by Gasteiger charge is 2.41. The molecule has 4 rings (SSSR count). The zero-order valence-electron chi connectivity index (χ0n) is 19.4. The van der Waals surface area contributed by atoms with Crippen molar-refractivity contribution in [3.8, 4) is 0 Å². The van der Waals surface area contributed by atoms with Crippen LogP contribution in [0.25, 0.3) is 0 Å². The van der Waals surface area contributed by atoms with Crippen molar-refractivity contribution < 1.29 is 36.7 Å². The summed E-state index contributed by atoms with van der Waals surface area (Å²) < 4.78 is 59.9. The highest BCUT2D eigenvalue weighted by molar-refractivity contribution is 8.12. The number of halogens is 4. The molecule has 2 aliphatic rings. The monoisotopic (exact) mass is 562 g/mol. The summed E-state index contributed by atoms with van der Waals surface area (Å²) in [6, 6.07) is 4.23. The van der Waals surface area contributed by atoms with Crippen molar-refractivity contribution in [1.29, 1.82) is 0 Å². The topological polar surface area (TPSA) is 121 Å². The maximum atomic E-state index is 15.0. The van der Waals surface area contributed by atoms with Crippen LogP contribution >= 0.6 is 23.1 Å². The molecule has 1 aromatic carbocycles. The van der Waals surface area contributed by atoms with Crippen LogP contribution in [0.1, 0.15) is 15.4 Å². The van der Waals surface area contributed by atoms with Crippen LogP contribution in [0.15, 0.2) is 18.2 Å². The van der Waals surface area contributed by atoms with E-state index in [1.54, 1.807) is 17.2 Å². The lowest BCUT2D eigenvalue weighted by Gasteiger charge is -2.36. The molecule has 37 heavy (non-hydrogen) atoms. The molecule has 3 N–H and O–H groups in total. The Labute approximate surface area is 216 Å². The van der Waals surface area contributed by atoms with Gasteiger partial charge in [-0.05, 0) is 24.5 Å². The van der Waals surface area contributed by atoms with Crippen LogP contribution in [0.4, 0.5) is 43.7 Å². The Balaban J connectivity index is 1.38. The van der Waals surface area contributed by atoms with Crippen molar-refractivity contribution in [3.05, 3.63) is 34.6 Å². The summed E-state index contributed by atoms with van der Waals surface area (Å²) in [7, 11) is 0. The van der Waals surface area contributed by atoms with Gasteiger partial charge in [-0.2, -0.15) is 13.2 Å². The van der Waals surface area contributed by atoms with Crippen molar-refractivity contribution >= 4 is 56.8 Å². The first kappa shape index (κ1) is 26.8. The van der Waals surface area contributed by atoms with Gasteiger partial charge in [0.25, 0.3) is 11.1 Å². The van der Waals surface area contributed by atoms with Crippen LogP contribution < -0.4 is 20.9 Å². The Morgan fingerprint density at radius 2 is 1.97 bits per heavy atom. The highest BCUT2D eigenvalue weighted by atomic mass is 32.2. The lowest BCUT2D eigenvalue weighted by atomic mass is 10.2. The Morgan fingerprint density at radius 1 is 1.27 bits per heavy atom. The summed E-state index contributed by atoms with van der Waals surface area (Å²) in [6.45, 7) is 0.758. The van der Waals surface area contributed by atoms with Gasteiger partial charge >= 0.3 is 12.3 Å². The number of thioether (sulfide) groups is 1. The van der Waals surface area contributed by atoms with E-state index < -0.39 is 40.7 Å². The number of nitrogens with zero attached hydrogens (tertiary/aromatic N) is 4. The molecule has 200 valence electrons. The normalized spacial score (nSPS) is 18.2. The number of rotatable bonds is 5. The van der Waals surface area contributed by atoms with Gasteiger partial charge in [0.05, 0.1) is 24.5 Å². The Bertz CT molecular complexity index is 1200. The maximum absolute atomic E-state index is 15.0. The fourth-order valence-electron chi connectivity index (χ4n) is 4.00. The van der Waals surface area contributed by atoms with Crippen molar-refractivity contribution in [3.63, 3.8) is 0 Å². The number of cyclic esters (lactones) is 1. The number of nitrogens with two attached hydrogens (primary N) is 1. The number of carbonyl (C=O) groups excluding carboxylic acids is 3. The van der Waals surface area contributed by atoms with E-state index in [9.17, 15) is 27.6 Å². The molecule has 0 saturated carbocycles. The standard InChI is InChI=1S/C21H22F4N6O4S2/c1-36-19(33)27-9-12-10-31(20(34)35-12)11-2-3-14(13(22)8-11)29-4-6-30(7-5-29)17(32)15-16(21(23,24)25)28-18(26)37-15/h2-3,8,12H,4-7,9-10H2,1H3,(H2,26,28)(H,27,33)/t12-/m0/s1. The van der Waals surface area contributed by atoms with Gasteiger partial charge in [0.2, 0.25) is 0 Å². The van der Waals surface area contributed by atoms with Crippen LogP contribution in [0.5, 0.6) is 0 Å². The van der Waals surface area contributed by atoms with E-state index in [0.717, 1.165) is 11.8 Å². The van der Waals surface area contributed by atoms with Crippen LogP contribution in [0.3, 0.4) is 0 Å². The molecule has 3 amide bonds.